The van der Waals surface area contributed by atoms with E-state index in [9.17, 15) is 18.4 Å². The van der Waals surface area contributed by atoms with E-state index in [-0.39, 0.29) is 11.3 Å². The van der Waals surface area contributed by atoms with Crippen molar-refractivity contribution >= 4 is 11.8 Å². The lowest BCUT2D eigenvalue weighted by molar-refractivity contribution is 0.0472. The van der Waals surface area contributed by atoms with E-state index in [4.69, 9.17) is 18.9 Å². The van der Waals surface area contributed by atoms with Gasteiger partial charge in [0.25, 0.3) is 0 Å². The summed E-state index contributed by atoms with van der Waals surface area (Å²) in [6.45, 7) is -0.0805. The van der Waals surface area contributed by atoms with Crippen LogP contribution >= 0.6 is 0 Å². The fourth-order valence-corrected chi connectivity index (χ4v) is 2.39. The maximum absolute atomic E-state index is 13.6. The molecule has 0 bridgehead atoms. The van der Waals surface area contributed by atoms with Crippen molar-refractivity contribution in [1.29, 1.82) is 0 Å². The van der Waals surface area contributed by atoms with Crippen LogP contribution in [0.1, 0.15) is 20.7 Å². The molecule has 0 saturated heterocycles. The Bertz CT molecular complexity index is 848. The van der Waals surface area contributed by atoms with Gasteiger partial charge in [-0.1, -0.05) is 0 Å². The number of fused-ring (bicyclic) bond motifs is 1. The average Bonchev–Trinajstić information content (AvgIpc) is 2.66. The number of esters is 1. The van der Waals surface area contributed by atoms with Crippen LogP contribution in [0.15, 0.2) is 30.3 Å². The molecule has 0 atom stereocenters. The van der Waals surface area contributed by atoms with Crippen LogP contribution in [0.25, 0.3) is 0 Å². The van der Waals surface area contributed by atoms with Crippen LogP contribution in [-0.4, -0.2) is 38.7 Å². The lowest BCUT2D eigenvalue weighted by Gasteiger charge is -2.21. The summed E-state index contributed by atoms with van der Waals surface area (Å²) in [7, 11) is 1.40. The number of methoxy groups -OCH3 is 1. The van der Waals surface area contributed by atoms with E-state index in [0.717, 1.165) is 18.2 Å². The number of halogens is 2. The molecule has 2 aromatic rings. The van der Waals surface area contributed by atoms with E-state index in [1.165, 1.54) is 19.2 Å². The van der Waals surface area contributed by atoms with Crippen LogP contribution in [0.2, 0.25) is 0 Å². The molecule has 0 radical (unpaired) electrons. The molecule has 0 unspecified atom stereocenters. The van der Waals surface area contributed by atoms with Crippen LogP contribution in [-0.2, 0) is 4.74 Å². The third-order valence-electron chi connectivity index (χ3n) is 3.63. The first kappa shape index (κ1) is 17.7. The zero-order valence-corrected chi connectivity index (χ0v) is 13.7. The number of hydrogen-bond acceptors (Lipinski definition) is 6. The second-order valence-corrected chi connectivity index (χ2v) is 5.33. The van der Waals surface area contributed by atoms with E-state index in [2.05, 4.69) is 0 Å². The predicted molar refractivity (Wildman–Crippen MR) is 85.0 cm³/mol. The summed E-state index contributed by atoms with van der Waals surface area (Å²) in [6, 6.07) is 5.24. The van der Waals surface area contributed by atoms with Crippen LogP contribution < -0.4 is 14.2 Å². The molecule has 2 aromatic carbocycles. The molecule has 3 rings (SSSR count). The van der Waals surface area contributed by atoms with Crippen molar-refractivity contribution in [1.82, 2.24) is 0 Å². The van der Waals surface area contributed by atoms with E-state index in [1.807, 2.05) is 0 Å². The SMILES string of the molecule is COc1cc(C(=O)OCC(=O)c2cc(F)ccc2F)cc2c1OCCO2. The molecule has 136 valence electrons. The molecule has 26 heavy (non-hydrogen) atoms. The molecule has 1 aliphatic heterocycles. The molecule has 0 aliphatic carbocycles. The van der Waals surface area contributed by atoms with Crippen LogP contribution in [0.5, 0.6) is 17.2 Å². The van der Waals surface area contributed by atoms with Gasteiger partial charge in [-0.2, -0.15) is 0 Å². The Balaban J connectivity index is 1.74. The van der Waals surface area contributed by atoms with E-state index >= 15 is 0 Å². The highest BCUT2D eigenvalue weighted by Gasteiger charge is 2.22. The standard InChI is InChI=1S/C18H14F2O6/c1-23-15-6-10(7-16-17(15)25-5-4-24-16)18(22)26-9-14(21)12-8-11(19)2-3-13(12)20/h2-3,6-8H,4-5,9H2,1H3. The predicted octanol–water partition coefficient (Wildman–Crippen LogP) is 2.78. The molecule has 1 heterocycles. The van der Waals surface area contributed by atoms with Gasteiger partial charge in [-0.3, -0.25) is 4.79 Å². The van der Waals surface area contributed by atoms with Gasteiger partial charge >= 0.3 is 5.97 Å². The Morgan fingerprint density at radius 1 is 1.12 bits per heavy atom. The molecule has 1 aliphatic rings. The number of rotatable bonds is 5. The summed E-state index contributed by atoms with van der Waals surface area (Å²) in [5.41, 5.74) is -0.420. The number of ether oxygens (including phenoxy) is 4. The van der Waals surface area contributed by atoms with Crippen LogP contribution in [0.3, 0.4) is 0 Å². The summed E-state index contributed by atoms with van der Waals surface area (Å²) in [6.07, 6.45) is 0. The minimum absolute atomic E-state index is 0.0682. The minimum Gasteiger partial charge on any atom is -0.493 e. The van der Waals surface area contributed by atoms with Crippen LogP contribution in [0.4, 0.5) is 8.78 Å². The Labute approximate surface area is 147 Å². The zero-order chi connectivity index (χ0) is 18.7. The van der Waals surface area contributed by atoms with Gasteiger partial charge in [-0.05, 0) is 30.3 Å². The fourth-order valence-electron chi connectivity index (χ4n) is 2.39. The number of Topliss-reactive ketones (excluding diaryl/α,β-unsaturated/α-hetero) is 1. The van der Waals surface area contributed by atoms with Crippen molar-refractivity contribution < 1.29 is 37.3 Å². The van der Waals surface area contributed by atoms with E-state index in [0.29, 0.717) is 24.7 Å². The lowest BCUT2D eigenvalue weighted by atomic mass is 10.1. The fraction of sp³-hybridized carbons (Fsp3) is 0.222. The van der Waals surface area contributed by atoms with Gasteiger partial charge in [-0.15, -0.1) is 0 Å². The van der Waals surface area contributed by atoms with Crippen molar-refractivity contribution in [3.8, 4) is 17.2 Å². The molecule has 0 saturated carbocycles. The second kappa shape index (κ2) is 7.38. The highest BCUT2D eigenvalue weighted by Crippen LogP contribution is 2.40. The maximum atomic E-state index is 13.6. The van der Waals surface area contributed by atoms with Gasteiger partial charge in [0.2, 0.25) is 11.5 Å². The van der Waals surface area contributed by atoms with E-state index < -0.39 is 35.6 Å². The average molecular weight is 364 g/mol. The highest BCUT2D eigenvalue weighted by molar-refractivity contribution is 5.99. The Morgan fingerprint density at radius 2 is 1.88 bits per heavy atom. The molecule has 0 amide bonds. The zero-order valence-electron chi connectivity index (χ0n) is 13.7. The number of ketones is 1. The van der Waals surface area contributed by atoms with Crippen molar-refractivity contribution in [2.75, 3.05) is 26.9 Å². The molecule has 0 N–H and O–H groups in total. The molecule has 6 nitrogen and oxygen atoms in total. The first-order chi connectivity index (χ1) is 12.5. The Kier molecular flexibility index (Phi) is 5.01. The Hall–Kier alpha value is -3.16. The maximum Gasteiger partial charge on any atom is 0.338 e. The molecule has 0 fully saturated rings. The quantitative estimate of drug-likeness (QED) is 0.600. The Morgan fingerprint density at radius 3 is 2.65 bits per heavy atom. The summed E-state index contributed by atoms with van der Waals surface area (Å²) >= 11 is 0. The summed E-state index contributed by atoms with van der Waals surface area (Å²) < 4.78 is 47.6. The first-order valence-electron chi connectivity index (χ1n) is 7.62. The molecular formula is C18H14F2O6. The highest BCUT2D eigenvalue weighted by atomic mass is 19.1. The molecule has 0 spiro atoms. The normalized spacial score (nSPS) is 12.4. The number of hydrogen-bond donors (Lipinski definition) is 0. The van der Waals surface area contributed by atoms with Crippen molar-refractivity contribution in [3.05, 3.63) is 53.1 Å². The minimum atomic E-state index is -0.895. The van der Waals surface area contributed by atoms with Crippen LogP contribution in [0, 0.1) is 11.6 Å². The van der Waals surface area contributed by atoms with Crippen molar-refractivity contribution in [3.63, 3.8) is 0 Å². The smallest absolute Gasteiger partial charge is 0.338 e. The third kappa shape index (κ3) is 3.58. The van der Waals surface area contributed by atoms with Gasteiger partial charge in [0.05, 0.1) is 18.2 Å². The van der Waals surface area contributed by atoms with Gasteiger partial charge in [0.15, 0.2) is 18.1 Å². The summed E-state index contributed by atoms with van der Waals surface area (Å²) in [5.74, 6) is -2.41. The molecule has 8 heteroatoms. The monoisotopic (exact) mass is 364 g/mol. The van der Waals surface area contributed by atoms with Crippen molar-refractivity contribution in [2.24, 2.45) is 0 Å². The largest absolute Gasteiger partial charge is 0.493 e. The summed E-state index contributed by atoms with van der Waals surface area (Å²) in [5, 5.41) is 0. The third-order valence-corrected chi connectivity index (χ3v) is 3.63. The second-order valence-electron chi connectivity index (χ2n) is 5.33. The molecule has 0 aromatic heterocycles. The van der Waals surface area contributed by atoms with Crippen molar-refractivity contribution in [2.45, 2.75) is 0 Å². The van der Waals surface area contributed by atoms with Gasteiger partial charge in [0.1, 0.15) is 24.8 Å². The number of benzene rings is 2. The van der Waals surface area contributed by atoms with Gasteiger partial charge < -0.3 is 18.9 Å². The first-order valence-corrected chi connectivity index (χ1v) is 7.62. The summed E-state index contributed by atoms with van der Waals surface area (Å²) in [4.78, 5) is 24.1. The van der Waals surface area contributed by atoms with E-state index in [1.54, 1.807) is 0 Å². The number of carbonyl (C=O) groups excluding carboxylic acids is 2. The number of carbonyl (C=O) groups is 2. The molecular weight excluding hydrogens is 350 g/mol. The van der Waals surface area contributed by atoms with Gasteiger partial charge in [0, 0.05) is 0 Å². The van der Waals surface area contributed by atoms with Gasteiger partial charge in [-0.25, -0.2) is 13.6 Å². The lowest BCUT2D eigenvalue weighted by Crippen LogP contribution is -2.18. The topological polar surface area (TPSA) is 71.1 Å².